The molecule has 1 amide bonds. The number of non-ortho nitro benzene ring substituents is 1. The van der Waals surface area contributed by atoms with Crippen LogP contribution >= 0.6 is 0 Å². The van der Waals surface area contributed by atoms with Crippen molar-refractivity contribution in [3.8, 4) is 5.75 Å². The van der Waals surface area contributed by atoms with Crippen molar-refractivity contribution < 1.29 is 14.5 Å². The van der Waals surface area contributed by atoms with Crippen LogP contribution in [0.3, 0.4) is 0 Å². The Balaban J connectivity index is 1.38. The van der Waals surface area contributed by atoms with Gasteiger partial charge >= 0.3 is 0 Å². The smallest absolute Gasteiger partial charge is 0.273 e. The van der Waals surface area contributed by atoms with Gasteiger partial charge < -0.3 is 20.3 Å². The number of fused-ring (bicyclic) bond motifs is 1. The quantitative estimate of drug-likeness (QED) is 0.400. The average Bonchev–Trinajstić information content (AvgIpc) is 2.84. The van der Waals surface area contributed by atoms with Gasteiger partial charge in [0.15, 0.2) is 0 Å². The third kappa shape index (κ3) is 5.00. The molecule has 0 saturated heterocycles. The molecule has 2 N–H and O–H groups in total. The Bertz CT molecular complexity index is 1210. The number of methoxy groups -OCH3 is 1. The number of amides is 1. The maximum atomic E-state index is 12.8. The monoisotopic (exact) mass is 464 g/mol. The Morgan fingerprint density at radius 3 is 2.47 bits per heavy atom. The van der Waals surface area contributed by atoms with Crippen molar-refractivity contribution in [2.24, 2.45) is 0 Å². The molecule has 178 valence electrons. The second-order valence-electron chi connectivity index (χ2n) is 8.59. The van der Waals surface area contributed by atoms with Crippen molar-refractivity contribution in [1.29, 1.82) is 0 Å². The molecule has 0 bridgehead atoms. The summed E-state index contributed by atoms with van der Waals surface area (Å²) in [6.07, 6.45) is 3.31. The standard InChI is InChI=1S/C24H28N6O4/c1-29(2)22-18-6-4-5-7-20(18)27-24(28-22)26-16-10-8-15(9-11-16)25-23(31)19-13-12-17(30(32)33)14-21(19)34-3/h4-7,12-16H,8-11H2,1-3H3,(H,25,31)(H,26,27,28)/t15-,16+. The van der Waals surface area contributed by atoms with Gasteiger partial charge in [0, 0.05) is 37.6 Å². The second kappa shape index (κ2) is 9.90. The van der Waals surface area contributed by atoms with Crippen LogP contribution in [0.2, 0.25) is 0 Å². The third-order valence-electron chi connectivity index (χ3n) is 6.04. The van der Waals surface area contributed by atoms with E-state index in [0.717, 1.165) is 42.4 Å². The normalized spacial score (nSPS) is 17.7. The van der Waals surface area contributed by atoms with Crippen molar-refractivity contribution in [1.82, 2.24) is 15.3 Å². The molecule has 1 aliphatic rings. The highest BCUT2D eigenvalue weighted by Crippen LogP contribution is 2.28. The van der Waals surface area contributed by atoms with Crippen molar-refractivity contribution >= 4 is 34.3 Å². The fourth-order valence-corrected chi connectivity index (χ4v) is 4.27. The number of nitrogens with zero attached hydrogens (tertiary/aromatic N) is 4. The van der Waals surface area contributed by atoms with Gasteiger partial charge in [0.2, 0.25) is 5.95 Å². The summed E-state index contributed by atoms with van der Waals surface area (Å²) in [5.41, 5.74) is 1.06. The number of carbonyl (C=O) groups excluding carboxylic acids is 1. The number of carbonyl (C=O) groups is 1. The largest absolute Gasteiger partial charge is 0.496 e. The highest BCUT2D eigenvalue weighted by molar-refractivity contribution is 5.97. The second-order valence-corrected chi connectivity index (χ2v) is 8.59. The summed E-state index contributed by atoms with van der Waals surface area (Å²) in [6.45, 7) is 0. The first-order valence-electron chi connectivity index (χ1n) is 11.2. The molecule has 0 unspecified atom stereocenters. The van der Waals surface area contributed by atoms with Crippen molar-refractivity contribution in [2.75, 3.05) is 31.4 Å². The maximum absolute atomic E-state index is 12.8. The Morgan fingerprint density at radius 2 is 1.79 bits per heavy atom. The molecule has 0 spiro atoms. The van der Waals surface area contributed by atoms with Gasteiger partial charge in [0.05, 0.1) is 29.2 Å². The number of nitro benzene ring substituents is 1. The van der Waals surface area contributed by atoms with Gasteiger partial charge in [0.1, 0.15) is 11.6 Å². The molecule has 2 aromatic carbocycles. The number of benzene rings is 2. The van der Waals surface area contributed by atoms with Crippen molar-refractivity contribution in [3.05, 3.63) is 58.1 Å². The fourth-order valence-electron chi connectivity index (χ4n) is 4.27. The number of anilines is 2. The zero-order valence-corrected chi connectivity index (χ0v) is 19.4. The minimum absolute atomic E-state index is 0.0142. The van der Waals surface area contributed by atoms with Gasteiger partial charge in [-0.05, 0) is 43.9 Å². The number of nitrogens with one attached hydrogen (secondary N) is 2. The molecule has 0 atom stereocenters. The Kier molecular flexibility index (Phi) is 6.76. The molecule has 34 heavy (non-hydrogen) atoms. The number of nitro groups is 1. The van der Waals surface area contributed by atoms with Crippen LogP contribution in [-0.2, 0) is 0 Å². The molecule has 3 aromatic rings. The molecule has 1 fully saturated rings. The predicted octanol–water partition coefficient (Wildman–Crippen LogP) is 3.77. The number of para-hydroxylation sites is 1. The summed E-state index contributed by atoms with van der Waals surface area (Å²) in [5, 5.41) is 18.5. The van der Waals surface area contributed by atoms with E-state index in [2.05, 4.69) is 15.6 Å². The first-order chi connectivity index (χ1) is 16.4. The summed E-state index contributed by atoms with van der Waals surface area (Å²) in [7, 11) is 5.32. The van der Waals surface area contributed by atoms with E-state index in [1.807, 2.05) is 43.3 Å². The molecule has 1 saturated carbocycles. The van der Waals surface area contributed by atoms with E-state index in [-0.39, 0.29) is 35.0 Å². The molecule has 1 heterocycles. The summed E-state index contributed by atoms with van der Waals surface area (Å²) < 4.78 is 5.19. The predicted molar refractivity (Wildman–Crippen MR) is 131 cm³/mol. The van der Waals surface area contributed by atoms with Crippen LogP contribution in [0.1, 0.15) is 36.0 Å². The van der Waals surface area contributed by atoms with Crippen molar-refractivity contribution in [3.63, 3.8) is 0 Å². The third-order valence-corrected chi connectivity index (χ3v) is 6.04. The summed E-state index contributed by atoms with van der Waals surface area (Å²) in [4.78, 5) is 34.6. The lowest BCUT2D eigenvalue weighted by Crippen LogP contribution is -2.40. The molecule has 10 heteroatoms. The molecular weight excluding hydrogens is 436 g/mol. The Labute approximate surface area is 197 Å². The first kappa shape index (κ1) is 23.2. The molecular formula is C24H28N6O4. The molecule has 1 aromatic heterocycles. The van der Waals surface area contributed by atoms with E-state index in [1.54, 1.807) is 0 Å². The number of hydrogen-bond donors (Lipinski definition) is 2. The lowest BCUT2D eigenvalue weighted by Gasteiger charge is -2.30. The zero-order valence-electron chi connectivity index (χ0n) is 19.4. The number of hydrogen-bond acceptors (Lipinski definition) is 8. The summed E-state index contributed by atoms with van der Waals surface area (Å²) >= 11 is 0. The number of aromatic nitrogens is 2. The van der Waals surface area contributed by atoms with Crippen LogP contribution < -0.4 is 20.3 Å². The van der Waals surface area contributed by atoms with Gasteiger partial charge in [-0.25, -0.2) is 4.98 Å². The molecule has 0 radical (unpaired) electrons. The van der Waals surface area contributed by atoms with Crippen LogP contribution in [0.4, 0.5) is 17.5 Å². The Hall–Kier alpha value is -3.95. The highest BCUT2D eigenvalue weighted by Gasteiger charge is 2.25. The van der Waals surface area contributed by atoms with Crippen LogP contribution in [0, 0.1) is 10.1 Å². The highest BCUT2D eigenvalue weighted by atomic mass is 16.6. The molecule has 1 aliphatic carbocycles. The average molecular weight is 465 g/mol. The van der Waals surface area contributed by atoms with E-state index in [4.69, 9.17) is 9.72 Å². The van der Waals surface area contributed by atoms with Crippen LogP contribution in [0.15, 0.2) is 42.5 Å². The van der Waals surface area contributed by atoms with Gasteiger partial charge in [-0.3, -0.25) is 14.9 Å². The van der Waals surface area contributed by atoms with E-state index in [1.165, 1.54) is 25.3 Å². The van der Waals surface area contributed by atoms with Crippen LogP contribution in [0.25, 0.3) is 10.9 Å². The lowest BCUT2D eigenvalue weighted by atomic mass is 9.91. The number of ether oxygens (including phenoxy) is 1. The SMILES string of the molecule is COc1cc([N+](=O)[O-])ccc1C(=O)N[C@H]1CC[C@@H](Nc2nc(N(C)C)c3ccccc3n2)CC1. The summed E-state index contributed by atoms with van der Waals surface area (Å²) in [5.74, 6) is 1.36. The van der Waals surface area contributed by atoms with Gasteiger partial charge in [0.25, 0.3) is 11.6 Å². The molecule has 0 aliphatic heterocycles. The maximum Gasteiger partial charge on any atom is 0.273 e. The lowest BCUT2D eigenvalue weighted by molar-refractivity contribution is -0.384. The van der Waals surface area contributed by atoms with E-state index in [9.17, 15) is 14.9 Å². The minimum atomic E-state index is -0.515. The minimum Gasteiger partial charge on any atom is -0.496 e. The van der Waals surface area contributed by atoms with Crippen molar-refractivity contribution in [2.45, 2.75) is 37.8 Å². The van der Waals surface area contributed by atoms with Gasteiger partial charge in [-0.1, -0.05) is 12.1 Å². The van der Waals surface area contributed by atoms with Gasteiger partial charge in [-0.2, -0.15) is 4.98 Å². The van der Waals surface area contributed by atoms with E-state index < -0.39 is 4.92 Å². The van der Waals surface area contributed by atoms with E-state index in [0.29, 0.717) is 5.95 Å². The van der Waals surface area contributed by atoms with Crippen LogP contribution in [0.5, 0.6) is 5.75 Å². The topological polar surface area (TPSA) is 123 Å². The van der Waals surface area contributed by atoms with Crippen LogP contribution in [-0.4, -0.2) is 54.1 Å². The zero-order chi connectivity index (χ0) is 24.2. The fraction of sp³-hybridized carbons (Fsp3) is 0.375. The first-order valence-corrected chi connectivity index (χ1v) is 11.2. The van der Waals surface area contributed by atoms with E-state index >= 15 is 0 Å². The molecule has 10 nitrogen and oxygen atoms in total. The van der Waals surface area contributed by atoms with Gasteiger partial charge in [-0.15, -0.1) is 0 Å². The molecule has 4 rings (SSSR count). The number of rotatable bonds is 7. The summed E-state index contributed by atoms with van der Waals surface area (Å²) in [6, 6.07) is 12.2. The Morgan fingerprint density at radius 1 is 1.09 bits per heavy atom.